The van der Waals surface area contributed by atoms with Crippen LogP contribution in [0.3, 0.4) is 0 Å². The molecule has 0 amide bonds. The van der Waals surface area contributed by atoms with Crippen molar-refractivity contribution in [2.75, 3.05) is 11.5 Å². The summed E-state index contributed by atoms with van der Waals surface area (Å²) in [7, 11) is -3.04. The molecule has 1 aliphatic rings. The van der Waals surface area contributed by atoms with Crippen LogP contribution >= 0.6 is 11.3 Å². The molecule has 0 atom stereocenters. The van der Waals surface area contributed by atoms with Gasteiger partial charge in [0.1, 0.15) is 15.6 Å². The van der Waals surface area contributed by atoms with E-state index < -0.39 is 15.8 Å². The first-order valence-electron chi connectivity index (χ1n) is 13.1. The number of rotatable bonds is 21. The quantitative estimate of drug-likeness (QED) is 0.152. The summed E-state index contributed by atoms with van der Waals surface area (Å²) in [4.78, 5) is 36.7. The molecule has 0 aromatic carbocycles. The third-order valence-corrected chi connectivity index (χ3v) is 9.21. The first-order valence-corrected chi connectivity index (χ1v) is 15.7. The van der Waals surface area contributed by atoms with Gasteiger partial charge in [0.2, 0.25) is 0 Å². The second-order valence-electron chi connectivity index (χ2n) is 9.37. The fourth-order valence-corrected chi connectivity index (χ4v) is 6.60. The van der Waals surface area contributed by atoms with E-state index in [0.29, 0.717) is 32.1 Å². The Bertz CT molecular complexity index is 912. The standard InChI is InChI=1S/C28H39O6S2/c29-25(23-13-7-8-14-23)16-5-1-3-11-21-36(33,34)22-12-4-2-6-17-26(30)27-20-19-24(35-27)15-9-10-18-28(31)32/h7-8,13-14,19-20H,1-6,9-12,15-18,21-22H2,(H,31,32). The topological polar surface area (TPSA) is 106 Å². The lowest BCUT2D eigenvalue weighted by Crippen LogP contribution is -2.11. The molecule has 199 valence electrons. The van der Waals surface area contributed by atoms with Crippen LogP contribution in [0.2, 0.25) is 0 Å². The van der Waals surface area contributed by atoms with E-state index in [2.05, 4.69) is 0 Å². The molecule has 1 heterocycles. The Morgan fingerprint density at radius 3 is 1.86 bits per heavy atom. The zero-order chi connectivity index (χ0) is 26.2. The molecule has 0 spiro atoms. The van der Waals surface area contributed by atoms with E-state index in [-0.39, 0.29) is 29.5 Å². The number of carboxylic acids is 1. The Morgan fingerprint density at radius 2 is 1.25 bits per heavy atom. The van der Waals surface area contributed by atoms with Gasteiger partial charge in [-0.1, -0.05) is 25.7 Å². The van der Waals surface area contributed by atoms with E-state index in [4.69, 9.17) is 5.11 Å². The maximum atomic E-state index is 12.4. The van der Waals surface area contributed by atoms with Crippen molar-refractivity contribution in [3.05, 3.63) is 53.5 Å². The third kappa shape index (κ3) is 13.1. The first-order chi connectivity index (χ1) is 17.3. The Kier molecular flexibility index (Phi) is 14.5. The van der Waals surface area contributed by atoms with Crippen molar-refractivity contribution < 1.29 is 27.9 Å². The molecule has 6 nitrogen and oxygen atoms in total. The summed E-state index contributed by atoms with van der Waals surface area (Å²) in [5, 5.41) is 8.68. The average Bonchev–Trinajstić information content (AvgIpc) is 3.53. The highest BCUT2D eigenvalue weighted by molar-refractivity contribution is 7.91. The summed E-state index contributed by atoms with van der Waals surface area (Å²) < 4.78 is 24.5. The lowest BCUT2D eigenvalue weighted by molar-refractivity contribution is -0.137. The van der Waals surface area contributed by atoms with E-state index in [9.17, 15) is 22.8 Å². The summed E-state index contributed by atoms with van der Waals surface area (Å²) in [6.45, 7) is 0. The van der Waals surface area contributed by atoms with E-state index in [1.165, 1.54) is 11.3 Å². The van der Waals surface area contributed by atoms with Crippen molar-refractivity contribution in [2.45, 2.75) is 89.9 Å². The first kappa shape index (κ1) is 30.7. The fourth-order valence-electron chi connectivity index (χ4n) is 4.09. The Balaban J connectivity index is 1.46. The number of ketones is 2. The molecule has 1 N–H and O–H groups in total. The van der Waals surface area contributed by atoms with Gasteiger partial charge in [0.25, 0.3) is 0 Å². The minimum absolute atomic E-state index is 0.126. The van der Waals surface area contributed by atoms with Crippen molar-refractivity contribution in [2.24, 2.45) is 0 Å². The predicted molar refractivity (Wildman–Crippen MR) is 144 cm³/mol. The molecule has 0 bridgehead atoms. The van der Waals surface area contributed by atoms with Crippen LogP contribution in [0.1, 0.15) is 98.0 Å². The molecule has 1 aliphatic carbocycles. The number of carbonyl (C=O) groups excluding carboxylic acids is 2. The van der Waals surface area contributed by atoms with Crippen LogP contribution in [-0.4, -0.2) is 42.6 Å². The largest absolute Gasteiger partial charge is 0.481 e. The van der Waals surface area contributed by atoms with Crippen LogP contribution < -0.4 is 0 Å². The van der Waals surface area contributed by atoms with Gasteiger partial charge < -0.3 is 5.11 Å². The van der Waals surface area contributed by atoms with Crippen LogP contribution in [0.5, 0.6) is 0 Å². The lowest BCUT2D eigenvalue weighted by atomic mass is 9.98. The number of hydrogen-bond acceptors (Lipinski definition) is 6. The Morgan fingerprint density at radius 1 is 0.694 bits per heavy atom. The normalized spacial score (nSPS) is 14.3. The zero-order valence-corrected chi connectivity index (χ0v) is 22.7. The number of thiophene rings is 1. The minimum Gasteiger partial charge on any atom is -0.481 e. The van der Waals surface area contributed by atoms with Gasteiger partial charge in [-0.3, -0.25) is 14.4 Å². The Labute approximate surface area is 221 Å². The van der Waals surface area contributed by atoms with Crippen molar-refractivity contribution in [1.29, 1.82) is 0 Å². The number of aliphatic carboxylic acids is 1. The highest BCUT2D eigenvalue weighted by atomic mass is 32.2. The summed E-state index contributed by atoms with van der Waals surface area (Å²) in [5.74, 6) is 0.663. The molecule has 36 heavy (non-hydrogen) atoms. The van der Waals surface area contributed by atoms with Gasteiger partial charge in [-0.2, -0.15) is 0 Å². The van der Waals surface area contributed by atoms with E-state index >= 15 is 0 Å². The second kappa shape index (κ2) is 17.1. The maximum Gasteiger partial charge on any atom is 0.303 e. The van der Waals surface area contributed by atoms with Crippen molar-refractivity contribution in [1.82, 2.24) is 0 Å². The molecular weight excluding hydrogens is 496 g/mol. The number of hydrogen-bond donors (Lipinski definition) is 1. The van der Waals surface area contributed by atoms with Crippen molar-refractivity contribution in [3.8, 4) is 0 Å². The molecule has 1 saturated carbocycles. The van der Waals surface area contributed by atoms with Crippen LogP contribution in [0.15, 0.2) is 12.1 Å². The molecule has 8 heteroatoms. The summed E-state index contributed by atoms with van der Waals surface area (Å²) in [6.07, 6.45) is 16.9. The van der Waals surface area contributed by atoms with Gasteiger partial charge in [0, 0.05) is 30.1 Å². The van der Waals surface area contributed by atoms with Crippen LogP contribution in [0.4, 0.5) is 0 Å². The van der Waals surface area contributed by atoms with Gasteiger partial charge in [-0.05, 0) is 82.8 Å². The number of aryl methyl sites for hydroxylation is 1. The number of unbranched alkanes of at least 4 members (excludes halogenated alkanes) is 7. The van der Waals surface area contributed by atoms with Crippen LogP contribution in [0.25, 0.3) is 0 Å². The number of sulfone groups is 1. The molecule has 1 fully saturated rings. The monoisotopic (exact) mass is 535 g/mol. The van der Waals surface area contributed by atoms with Crippen molar-refractivity contribution >= 4 is 38.7 Å². The van der Waals surface area contributed by atoms with Gasteiger partial charge in [0.05, 0.1) is 16.4 Å². The van der Waals surface area contributed by atoms with Gasteiger partial charge in [-0.15, -0.1) is 11.3 Å². The number of carboxylic acid groups (broad SMARTS) is 1. The summed E-state index contributed by atoms with van der Waals surface area (Å²) in [6, 6.07) is 3.81. The highest BCUT2D eigenvalue weighted by Gasteiger charge is 2.23. The minimum atomic E-state index is -3.04. The molecule has 1 aromatic heterocycles. The van der Waals surface area contributed by atoms with E-state index in [0.717, 1.165) is 67.0 Å². The fraction of sp³-hybridized carbons (Fsp3) is 0.571. The SMILES string of the molecule is O=C(O)CCCCc1ccc(C(=O)CCCCCCS(=O)(=O)CCCCCCC(=O)[C]2[CH][CH][CH][CH]2)s1. The zero-order valence-electron chi connectivity index (χ0n) is 21.1. The smallest absolute Gasteiger partial charge is 0.303 e. The highest BCUT2D eigenvalue weighted by Crippen LogP contribution is 2.26. The summed E-state index contributed by atoms with van der Waals surface area (Å²) >= 11 is 1.49. The molecule has 1 aromatic rings. The van der Waals surface area contributed by atoms with Gasteiger partial charge >= 0.3 is 5.97 Å². The molecule has 5 radical (unpaired) electrons. The van der Waals surface area contributed by atoms with E-state index in [1.807, 2.05) is 37.8 Å². The second-order valence-corrected chi connectivity index (χ2v) is 12.8. The number of carbonyl (C=O) groups is 3. The molecule has 0 aliphatic heterocycles. The molecule has 0 saturated heterocycles. The lowest BCUT2D eigenvalue weighted by Gasteiger charge is -2.07. The third-order valence-electron chi connectivity index (χ3n) is 6.20. The van der Waals surface area contributed by atoms with Crippen LogP contribution in [0, 0.1) is 31.6 Å². The van der Waals surface area contributed by atoms with Crippen molar-refractivity contribution in [3.63, 3.8) is 0 Å². The van der Waals surface area contributed by atoms with Crippen LogP contribution in [-0.2, 0) is 25.8 Å². The van der Waals surface area contributed by atoms with Gasteiger partial charge in [-0.25, -0.2) is 8.42 Å². The average molecular weight is 536 g/mol. The Hall–Kier alpha value is -1.54. The molecular formula is C28H39O6S2. The predicted octanol–water partition coefficient (Wildman–Crippen LogP) is 6.02. The molecule has 0 unspecified atom stereocenters. The molecule has 2 rings (SSSR count). The number of Topliss-reactive ketones (excluding diaryl/α,β-unsaturated/α-hetero) is 2. The maximum absolute atomic E-state index is 12.4. The van der Waals surface area contributed by atoms with Gasteiger partial charge in [0.15, 0.2) is 5.78 Å². The van der Waals surface area contributed by atoms with E-state index in [1.54, 1.807) is 0 Å². The summed E-state index contributed by atoms with van der Waals surface area (Å²) in [5.41, 5.74) is 0.